The Morgan fingerprint density at radius 2 is 2.00 bits per heavy atom. The molecule has 0 radical (unpaired) electrons. The Bertz CT molecular complexity index is 582. The van der Waals surface area contributed by atoms with Gasteiger partial charge in [0.1, 0.15) is 17.9 Å². The number of nitrogens with two attached hydrogens (primary N) is 1. The van der Waals surface area contributed by atoms with Crippen LogP contribution in [-0.4, -0.2) is 38.8 Å². The maximum atomic E-state index is 11.2. The Morgan fingerprint density at radius 3 is 2.50 bits per heavy atom. The Hall–Kier alpha value is -1.64. The molecule has 0 aromatic heterocycles. The van der Waals surface area contributed by atoms with Gasteiger partial charge in [-0.05, 0) is 32.0 Å². The van der Waals surface area contributed by atoms with Crippen LogP contribution in [0.4, 0.5) is 0 Å². The van der Waals surface area contributed by atoms with E-state index in [-0.39, 0.29) is 28.9 Å². The molecule has 0 aliphatic rings. The van der Waals surface area contributed by atoms with Crippen molar-refractivity contribution < 1.29 is 27.8 Å². The van der Waals surface area contributed by atoms with Gasteiger partial charge in [0, 0.05) is 0 Å². The third-order valence-electron chi connectivity index (χ3n) is 2.30. The predicted molar refractivity (Wildman–Crippen MR) is 71.4 cm³/mol. The van der Waals surface area contributed by atoms with Gasteiger partial charge in [0.2, 0.25) is 10.0 Å². The number of rotatable bonds is 7. The van der Waals surface area contributed by atoms with Crippen LogP contribution in [0.25, 0.3) is 0 Å². The smallest absolute Gasteiger partial charge is 0.339 e. The summed E-state index contributed by atoms with van der Waals surface area (Å²) >= 11 is 0. The summed E-state index contributed by atoms with van der Waals surface area (Å²) in [5.74, 6) is -1.23. The summed E-state index contributed by atoms with van der Waals surface area (Å²) in [5, 5.41) is 14.0. The standard InChI is InChI=1S/C12H17NO6S/c1-8(2)18-5-6-19-11-4-3-9(20(13,16)17)7-10(11)12(14)15/h3-4,7-8H,5-6H2,1-2H3,(H,14,15)(H2,13,16,17). The number of carboxylic acid groups (broad SMARTS) is 1. The molecule has 0 saturated carbocycles. The van der Waals surface area contributed by atoms with Crippen LogP contribution in [0.1, 0.15) is 24.2 Å². The molecule has 8 heteroatoms. The van der Waals surface area contributed by atoms with Gasteiger partial charge >= 0.3 is 5.97 Å². The van der Waals surface area contributed by atoms with Gasteiger partial charge in [0.15, 0.2) is 0 Å². The van der Waals surface area contributed by atoms with Gasteiger partial charge < -0.3 is 14.6 Å². The zero-order chi connectivity index (χ0) is 15.3. The summed E-state index contributed by atoms with van der Waals surface area (Å²) < 4.78 is 32.9. The number of hydrogen-bond acceptors (Lipinski definition) is 5. The maximum absolute atomic E-state index is 11.2. The van der Waals surface area contributed by atoms with Crippen LogP contribution in [0.2, 0.25) is 0 Å². The van der Waals surface area contributed by atoms with Gasteiger partial charge in [0.25, 0.3) is 0 Å². The van der Waals surface area contributed by atoms with Crippen molar-refractivity contribution in [3.8, 4) is 5.75 Å². The van der Waals surface area contributed by atoms with Gasteiger partial charge in [0.05, 0.1) is 17.6 Å². The van der Waals surface area contributed by atoms with Gasteiger partial charge in [-0.25, -0.2) is 18.4 Å². The highest BCUT2D eigenvalue weighted by molar-refractivity contribution is 7.89. The summed E-state index contributed by atoms with van der Waals surface area (Å²) in [7, 11) is -3.96. The molecule has 7 nitrogen and oxygen atoms in total. The van der Waals surface area contributed by atoms with Crippen molar-refractivity contribution in [3.05, 3.63) is 23.8 Å². The lowest BCUT2D eigenvalue weighted by Gasteiger charge is -2.11. The van der Waals surface area contributed by atoms with E-state index >= 15 is 0 Å². The minimum absolute atomic E-state index is 0.0438. The van der Waals surface area contributed by atoms with Gasteiger partial charge in [-0.15, -0.1) is 0 Å². The number of primary sulfonamides is 1. The van der Waals surface area contributed by atoms with Gasteiger partial charge in [-0.2, -0.15) is 0 Å². The SMILES string of the molecule is CC(C)OCCOc1ccc(S(N)(=O)=O)cc1C(=O)O. The molecular weight excluding hydrogens is 286 g/mol. The Labute approximate surface area is 117 Å². The third-order valence-corrected chi connectivity index (χ3v) is 3.21. The van der Waals surface area contributed by atoms with Crippen LogP contribution >= 0.6 is 0 Å². The first-order valence-electron chi connectivity index (χ1n) is 5.86. The third kappa shape index (κ3) is 4.80. The van der Waals surface area contributed by atoms with E-state index < -0.39 is 16.0 Å². The Kier molecular flexibility index (Phi) is 5.49. The Balaban J connectivity index is 2.89. The fourth-order valence-corrected chi connectivity index (χ4v) is 1.95. The van der Waals surface area contributed by atoms with E-state index in [0.29, 0.717) is 6.61 Å². The minimum atomic E-state index is -3.96. The predicted octanol–water partition coefficient (Wildman–Crippen LogP) is 0.836. The maximum Gasteiger partial charge on any atom is 0.339 e. The highest BCUT2D eigenvalue weighted by Crippen LogP contribution is 2.22. The van der Waals surface area contributed by atoms with E-state index in [1.165, 1.54) is 12.1 Å². The van der Waals surface area contributed by atoms with Crippen LogP contribution in [0.15, 0.2) is 23.1 Å². The second-order valence-electron chi connectivity index (χ2n) is 4.28. The largest absolute Gasteiger partial charge is 0.490 e. The monoisotopic (exact) mass is 303 g/mol. The van der Waals surface area contributed by atoms with E-state index in [0.717, 1.165) is 6.07 Å². The Morgan fingerprint density at radius 1 is 1.35 bits per heavy atom. The zero-order valence-electron chi connectivity index (χ0n) is 11.2. The van der Waals surface area contributed by atoms with Crippen LogP contribution in [0.5, 0.6) is 5.75 Å². The molecule has 0 fully saturated rings. The first kappa shape index (κ1) is 16.4. The summed E-state index contributed by atoms with van der Waals surface area (Å²) in [6.45, 7) is 4.19. The van der Waals surface area contributed by atoms with Crippen molar-refractivity contribution >= 4 is 16.0 Å². The van der Waals surface area contributed by atoms with E-state index in [1.54, 1.807) is 0 Å². The zero-order valence-corrected chi connectivity index (χ0v) is 12.0. The molecule has 0 atom stereocenters. The molecule has 0 amide bonds. The lowest BCUT2D eigenvalue weighted by Crippen LogP contribution is -2.15. The van der Waals surface area contributed by atoms with Crippen LogP contribution in [-0.2, 0) is 14.8 Å². The highest BCUT2D eigenvalue weighted by Gasteiger charge is 2.16. The lowest BCUT2D eigenvalue weighted by molar-refractivity contribution is 0.0538. The molecule has 3 N–H and O–H groups in total. The molecule has 1 aromatic carbocycles. The summed E-state index contributed by atoms with van der Waals surface area (Å²) in [6, 6.07) is 3.43. The molecule has 112 valence electrons. The van der Waals surface area contributed by atoms with Crippen molar-refractivity contribution in [2.75, 3.05) is 13.2 Å². The first-order valence-corrected chi connectivity index (χ1v) is 7.41. The molecule has 1 rings (SSSR count). The van der Waals surface area contributed by atoms with E-state index in [4.69, 9.17) is 19.7 Å². The summed E-state index contributed by atoms with van der Waals surface area (Å²) in [4.78, 5) is 10.8. The topological polar surface area (TPSA) is 116 Å². The van der Waals surface area contributed by atoms with E-state index in [1.807, 2.05) is 13.8 Å². The highest BCUT2D eigenvalue weighted by atomic mass is 32.2. The minimum Gasteiger partial charge on any atom is -0.490 e. The number of carboxylic acids is 1. The van der Waals surface area contributed by atoms with E-state index in [2.05, 4.69) is 0 Å². The van der Waals surface area contributed by atoms with Crippen LogP contribution < -0.4 is 9.88 Å². The molecule has 20 heavy (non-hydrogen) atoms. The molecule has 0 saturated heterocycles. The van der Waals surface area contributed by atoms with Crippen molar-refractivity contribution in [1.29, 1.82) is 0 Å². The van der Waals surface area contributed by atoms with E-state index in [9.17, 15) is 13.2 Å². The number of hydrogen-bond donors (Lipinski definition) is 2. The molecule has 0 bridgehead atoms. The number of sulfonamides is 1. The second-order valence-corrected chi connectivity index (χ2v) is 5.84. The fraction of sp³-hybridized carbons (Fsp3) is 0.417. The molecule has 0 aliphatic heterocycles. The molecule has 0 heterocycles. The second kappa shape index (κ2) is 6.69. The number of aromatic carboxylic acids is 1. The van der Waals surface area contributed by atoms with Gasteiger partial charge in [-0.3, -0.25) is 0 Å². The van der Waals surface area contributed by atoms with Crippen molar-refractivity contribution in [2.45, 2.75) is 24.8 Å². The average molecular weight is 303 g/mol. The first-order chi connectivity index (χ1) is 9.21. The average Bonchev–Trinajstić information content (AvgIpc) is 2.33. The van der Waals surface area contributed by atoms with Crippen LogP contribution in [0, 0.1) is 0 Å². The van der Waals surface area contributed by atoms with Crippen molar-refractivity contribution in [2.24, 2.45) is 5.14 Å². The van der Waals surface area contributed by atoms with Crippen molar-refractivity contribution in [3.63, 3.8) is 0 Å². The summed E-state index contributed by atoms with van der Waals surface area (Å²) in [5.41, 5.74) is -0.263. The molecule has 0 aliphatic carbocycles. The number of benzene rings is 1. The molecule has 0 spiro atoms. The molecule has 1 aromatic rings. The normalized spacial score (nSPS) is 11.6. The molecular formula is C12H17NO6S. The van der Waals surface area contributed by atoms with Gasteiger partial charge in [-0.1, -0.05) is 0 Å². The molecule has 0 unspecified atom stereocenters. The quantitative estimate of drug-likeness (QED) is 0.721. The lowest BCUT2D eigenvalue weighted by atomic mass is 10.2. The fourth-order valence-electron chi connectivity index (χ4n) is 1.41. The van der Waals surface area contributed by atoms with Crippen LogP contribution in [0.3, 0.4) is 0 Å². The van der Waals surface area contributed by atoms with Crippen molar-refractivity contribution in [1.82, 2.24) is 0 Å². The summed E-state index contributed by atoms with van der Waals surface area (Å²) in [6.07, 6.45) is 0.0438. The number of carbonyl (C=O) groups is 1. The number of ether oxygens (including phenoxy) is 2.